The molecule has 2 N–H and O–H groups in total. The van der Waals surface area contributed by atoms with Crippen molar-refractivity contribution in [3.63, 3.8) is 0 Å². The van der Waals surface area contributed by atoms with Crippen LogP contribution in [0.25, 0.3) is 0 Å². The molecule has 2 aliphatic rings. The highest BCUT2D eigenvalue weighted by atomic mass is 32.1. The summed E-state index contributed by atoms with van der Waals surface area (Å²) in [6.07, 6.45) is 3.28. The monoisotopic (exact) mass is 225 g/mol. The lowest BCUT2D eigenvalue weighted by molar-refractivity contribution is -0.175. The van der Waals surface area contributed by atoms with E-state index in [0.29, 0.717) is 19.8 Å². The Labute approximate surface area is 93.2 Å². The van der Waals surface area contributed by atoms with Crippen molar-refractivity contribution < 1.29 is 9.47 Å². The number of ether oxygens (including phenoxy) is 2. The third-order valence-corrected chi connectivity index (χ3v) is 4.35. The van der Waals surface area contributed by atoms with Crippen LogP contribution >= 0.6 is 11.3 Å². The molecule has 0 unspecified atom stereocenters. The van der Waals surface area contributed by atoms with E-state index in [-0.39, 0.29) is 0 Å². The summed E-state index contributed by atoms with van der Waals surface area (Å²) in [5.74, 6) is -0.419. The third kappa shape index (κ3) is 1.44. The van der Waals surface area contributed by atoms with Crippen molar-refractivity contribution in [2.24, 2.45) is 5.73 Å². The van der Waals surface area contributed by atoms with Crippen LogP contribution in [0.15, 0.2) is 6.07 Å². The van der Waals surface area contributed by atoms with Crippen LogP contribution in [0.3, 0.4) is 0 Å². The molecule has 3 rings (SSSR count). The number of rotatable bonds is 1. The van der Waals surface area contributed by atoms with E-state index in [4.69, 9.17) is 15.2 Å². The van der Waals surface area contributed by atoms with Gasteiger partial charge in [0.1, 0.15) is 0 Å². The zero-order chi connectivity index (χ0) is 10.3. The number of nitrogens with two attached hydrogens (primary N) is 1. The van der Waals surface area contributed by atoms with E-state index in [0.717, 1.165) is 19.3 Å². The Morgan fingerprint density at radius 3 is 2.93 bits per heavy atom. The van der Waals surface area contributed by atoms with E-state index in [9.17, 15) is 0 Å². The Hall–Kier alpha value is -0.420. The highest BCUT2D eigenvalue weighted by Crippen LogP contribution is 2.45. The van der Waals surface area contributed by atoms with Gasteiger partial charge in [-0.1, -0.05) is 0 Å². The van der Waals surface area contributed by atoms with Crippen LogP contribution in [0.1, 0.15) is 28.2 Å². The maximum atomic E-state index is 5.81. The number of hydrogen-bond donors (Lipinski definition) is 1. The van der Waals surface area contributed by atoms with Gasteiger partial charge in [0.2, 0.25) is 0 Å². The van der Waals surface area contributed by atoms with E-state index in [1.807, 2.05) is 11.3 Å². The quantitative estimate of drug-likeness (QED) is 0.792. The molecule has 1 aliphatic heterocycles. The van der Waals surface area contributed by atoms with E-state index < -0.39 is 5.79 Å². The maximum absolute atomic E-state index is 5.81. The maximum Gasteiger partial charge on any atom is 0.196 e. The second-order valence-corrected chi connectivity index (χ2v) is 5.28. The van der Waals surface area contributed by atoms with E-state index >= 15 is 0 Å². The van der Waals surface area contributed by atoms with Crippen LogP contribution in [0, 0.1) is 0 Å². The fourth-order valence-electron chi connectivity index (χ4n) is 2.46. The van der Waals surface area contributed by atoms with Crippen LogP contribution < -0.4 is 5.73 Å². The lowest BCUT2D eigenvalue weighted by Crippen LogP contribution is -2.30. The predicted molar refractivity (Wildman–Crippen MR) is 58.7 cm³/mol. The number of hydrogen-bond acceptors (Lipinski definition) is 4. The van der Waals surface area contributed by atoms with Crippen molar-refractivity contribution in [2.45, 2.75) is 31.6 Å². The molecule has 1 spiro atoms. The van der Waals surface area contributed by atoms with Gasteiger partial charge in [0.25, 0.3) is 0 Å². The second kappa shape index (κ2) is 3.56. The zero-order valence-corrected chi connectivity index (χ0v) is 9.44. The number of aryl methyl sites for hydroxylation is 1. The highest BCUT2D eigenvalue weighted by molar-refractivity contribution is 7.12. The summed E-state index contributed by atoms with van der Waals surface area (Å²) >= 11 is 1.81. The summed E-state index contributed by atoms with van der Waals surface area (Å²) in [5, 5.41) is 0. The molecule has 0 radical (unpaired) electrons. The summed E-state index contributed by atoms with van der Waals surface area (Å²) in [7, 11) is 0. The molecule has 15 heavy (non-hydrogen) atoms. The molecular weight excluding hydrogens is 210 g/mol. The fraction of sp³-hybridized carbons (Fsp3) is 0.636. The minimum Gasteiger partial charge on any atom is -0.343 e. The molecule has 0 aromatic carbocycles. The number of thiophene rings is 1. The molecule has 3 nitrogen and oxygen atoms in total. The van der Waals surface area contributed by atoms with Gasteiger partial charge in [-0.15, -0.1) is 11.3 Å². The van der Waals surface area contributed by atoms with Crippen LogP contribution in [0.4, 0.5) is 0 Å². The molecule has 0 atom stereocenters. The smallest absolute Gasteiger partial charge is 0.196 e. The molecule has 2 heterocycles. The molecule has 0 saturated carbocycles. The van der Waals surface area contributed by atoms with Crippen molar-refractivity contribution >= 4 is 11.3 Å². The molecule has 0 amide bonds. The van der Waals surface area contributed by atoms with E-state index in [1.165, 1.54) is 15.3 Å². The van der Waals surface area contributed by atoms with Crippen LogP contribution in [0.2, 0.25) is 0 Å². The first kappa shape index (κ1) is 9.78. The van der Waals surface area contributed by atoms with Crippen molar-refractivity contribution in [1.29, 1.82) is 0 Å². The predicted octanol–water partition coefficient (Wildman–Crippen LogP) is 1.74. The Kier molecular flexibility index (Phi) is 2.32. The van der Waals surface area contributed by atoms with Gasteiger partial charge < -0.3 is 15.2 Å². The Morgan fingerprint density at radius 2 is 2.20 bits per heavy atom. The van der Waals surface area contributed by atoms with Gasteiger partial charge in [-0.05, 0) is 18.9 Å². The summed E-state index contributed by atoms with van der Waals surface area (Å²) < 4.78 is 11.6. The first-order valence-corrected chi connectivity index (χ1v) is 6.26. The summed E-state index contributed by atoms with van der Waals surface area (Å²) in [5.41, 5.74) is 6.92. The van der Waals surface area contributed by atoms with Gasteiger partial charge >= 0.3 is 0 Å². The minimum atomic E-state index is -0.419. The standard InChI is InChI=1S/C11H15NO2S/c12-7-8-6-9-10(15-8)2-1-3-11(9)13-4-5-14-11/h6H,1-5,7,12H2. The van der Waals surface area contributed by atoms with Crippen LogP contribution in [0.5, 0.6) is 0 Å². The second-order valence-electron chi connectivity index (χ2n) is 4.06. The minimum absolute atomic E-state index is 0.419. The van der Waals surface area contributed by atoms with Crippen molar-refractivity contribution in [3.8, 4) is 0 Å². The summed E-state index contributed by atoms with van der Waals surface area (Å²) in [4.78, 5) is 2.64. The summed E-state index contributed by atoms with van der Waals surface area (Å²) in [6.45, 7) is 2.05. The lowest BCUT2D eigenvalue weighted by atomic mass is 9.92. The van der Waals surface area contributed by atoms with E-state index in [2.05, 4.69) is 6.07 Å². The molecule has 4 heteroatoms. The average Bonchev–Trinajstić information content (AvgIpc) is 2.86. The molecule has 1 saturated heterocycles. The molecular formula is C11H15NO2S. The molecule has 1 fully saturated rings. The Morgan fingerprint density at radius 1 is 1.40 bits per heavy atom. The fourth-order valence-corrected chi connectivity index (χ4v) is 3.61. The zero-order valence-electron chi connectivity index (χ0n) is 8.62. The van der Waals surface area contributed by atoms with Crippen LogP contribution in [-0.4, -0.2) is 13.2 Å². The first-order chi connectivity index (χ1) is 7.34. The van der Waals surface area contributed by atoms with Crippen molar-refractivity contribution in [1.82, 2.24) is 0 Å². The molecule has 1 aliphatic carbocycles. The van der Waals surface area contributed by atoms with E-state index in [1.54, 1.807) is 0 Å². The van der Waals surface area contributed by atoms with Crippen LogP contribution in [-0.2, 0) is 28.2 Å². The molecule has 1 aromatic heterocycles. The van der Waals surface area contributed by atoms with Gasteiger partial charge in [-0.3, -0.25) is 0 Å². The van der Waals surface area contributed by atoms with Crippen molar-refractivity contribution in [3.05, 3.63) is 21.4 Å². The third-order valence-electron chi connectivity index (χ3n) is 3.14. The Bertz CT molecular complexity index is 369. The molecule has 82 valence electrons. The largest absolute Gasteiger partial charge is 0.343 e. The highest BCUT2D eigenvalue weighted by Gasteiger charge is 2.43. The van der Waals surface area contributed by atoms with Gasteiger partial charge in [-0.25, -0.2) is 0 Å². The first-order valence-electron chi connectivity index (χ1n) is 5.44. The van der Waals surface area contributed by atoms with Crippen molar-refractivity contribution in [2.75, 3.05) is 13.2 Å². The topological polar surface area (TPSA) is 44.5 Å². The van der Waals surface area contributed by atoms with Gasteiger partial charge in [0.15, 0.2) is 5.79 Å². The molecule has 0 bridgehead atoms. The normalized spacial score (nSPS) is 23.3. The number of fused-ring (bicyclic) bond motifs is 2. The van der Waals surface area contributed by atoms with Gasteiger partial charge in [-0.2, -0.15) is 0 Å². The van der Waals surface area contributed by atoms with Gasteiger partial charge in [0, 0.05) is 28.3 Å². The average molecular weight is 225 g/mol. The SMILES string of the molecule is NCc1cc2c(s1)CCCC21OCCO1. The summed E-state index contributed by atoms with van der Waals surface area (Å²) in [6, 6.07) is 2.17. The van der Waals surface area contributed by atoms with Gasteiger partial charge in [0.05, 0.1) is 13.2 Å². The Balaban J connectivity index is 2.05. The lowest BCUT2D eigenvalue weighted by Gasteiger charge is -2.31. The molecule has 1 aromatic rings.